The first-order chi connectivity index (χ1) is 13.7. The van der Waals surface area contributed by atoms with E-state index in [-0.39, 0.29) is 12.5 Å². The molecule has 1 amide bonds. The lowest BCUT2D eigenvalue weighted by atomic mass is 10.1. The SMILES string of the molecule is CCCN(CC(=O)Nc1ccc2c(c1)CCC2)Cc1nnc(-c2ccco2)o1. The van der Waals surface area contributed by atoms with Crippen molar-refractivity contribution in [3.05, 3.63) is 53.6 Å². The Kier molecular flexibility index (Phi) is 5.53. The van der Waals surface area contributed by atoms with Gasteiger partial charge in [-0.3, -0.25) is 9.69 Å². The van der Waals surface area contributed by atoms with E-state index in [1.54, 1.807) is 18.4 Å². The highest BCUT2D eigenvalue weighted by Crippen LogP contribution is 2.25. The third kappa shape index (κ3) is 4.31. The number of aryl methyl sites for hydroxylation is 2. The molecule has 3 aromatic rings. The Labute approximate surface area is 163 Å². The van der Waals surface area contributed by atoms with Crippen molar-refractivity contribution >= 4 is 11.6 Å². The summed E-state index contributed by atoms with van der Waals surface area (Å²) < 4.78 is 10.9. The molecule has 0 atom stereocenters. The fourth-order valence-corrected chi connectivity index (χ4v) is 3.59. The van der Waals surface area contributed by atoms with Crippen LogP contribution in [0.1, 0.15) is 36.8 Å². The smallest absolute Gasteiger partial charge is 0.283 e. The van der Waals surface area contributed by atoms with Gasteiger partial charge in [0.2, 0.25) is 11.8 Å². The quantitative estimate of drug-likeness (QED) is 0.642. The molecule has 1 aliphatic rings. The lowest BCUT2D eigenvalue weighted by Crippen LogP contribution is -2.33. The van der Waals surface area contributed by atoms with Gasteiger partial charge in [0.1, 0.15) is 0 Å². The number of carbonyl (C=O) groups is 1. The maximum Gasteiger partial charge on any atom is 0.283 e. The second-order valence-corrected chi connectivity index (χ2v) is 7.07. The molecule has 0 saturated carbocycles. The summed E-state index contributed by atoms with van der Waals surface area (Å²) in [6.45, 7) is 3.52. The van der Waals surface area contributed by atoms with E-state index in [0.717, 1.165) is 31.5 Å². The Morgan fingerprint density at radius 2 is 2.11 bits per heavy atom. The van der Waals surface area contributed by atoms with Crippen molar-refractivity contribution in [2.75, 3.05) is 18.4 Å². The molecule has 0 saturated heterocycles. The molecule has 4 rings (SSSR count). The van der Waals surface area contributed by atoms with Gasteiger partial charge >= 0.3 is 0 Å². The minimum absolute atomic E-state index is 0.0443. The van der Waals surface area contributed by atoms with Gasteiger partial charge in [0.15, 0.2) is 5.76 Å². The predicted octanol–water partition coefficient (Wildman–Crippen LogP) is 3.67. The molecule has 0 unspecified atom stereocenters. The van der Waals surface area contributed by atoms with E-state index in [4.69, 9.17) is 8.83 Å². The summed E-state index contributed by atoms with van der Waals surface area (Å²) >= 11 is 0. The molecule has 7 heteroatoms. The minimum Gasteiger partial charge on any atom is -0.459 e. The predicted molar refractivity (Wildman–Crippen MR) is 105 cm³/mol. The summed E-state index contributed by atoms with van der Waals surface area (Å²) in [4.78, 5) is 14.5. The molecule has 146 valence electrons. The van der Waals surface area contributed by atoms with E-state index < -0.39 is 0 Å². The second kappa shape index (κ2) is 8.39. The highest BCUT2D eigenvalue weighted by atomic mass is 16.4. The van der Waals surface area contributed by atoms with Crippen LogP contribution in [0.3, 0.4) is 0 Å². The van der Waals surface area contributed by atoms with Crippen molar-refractivity contribution in [1.82, 2.24) is 15.1 Å². The van der Waals surface area contributed by atoms with Crippen molar-refractivity contribution in [2.45, 2.75) is 39.2 Å². The van der Waals surface area contributed by atoms with Crippen LogP contribution in [0.15, 0.2) is 45.4 Å². The van der Waals surface area contributed by atoms with Crippen LogP contribution in [0, 0.1) is 0 Å². The number of nitrogens with one attached hydrogen (secondary N) is 1. The molecule has 1 aromatic carbocycles. The van der Waals surface area contributed by atoms with Gasteiger partial charge in [0.05, 0.1) is 19.4 Å². The number of fused-ring (bicyclic) bond motifs is 1. The first-order valence-electron chi connectivity index (χ1n) is 9.71. The van der Waals surface area contributed by atoms with Crippen molar-refractivity contribution in [3.8, 4) is 11.7 Å². The third-order valence-corrected chi connectivity index (χ3v) is 4.85. The number of benzene rings is 1. The molecule has 2 heterocycles. The van der Waals surface area contributed by atoms with E-state index in [0.29, 0.717) is 24.1 Å². The molecular formula is C21H24N4O3. The molecule has 0 spiro atoms. The Morgan fingerprint density at radius 1 is 1.21 bits per heavy atom. The van der Waals surface area contributed by atoms with Crippen LogP contribution in [0.25, 0.3) is 11.7 Å². The van der Waals surface area contributed by atoms with Crippen molar-refractivity contribution in [3.63, 3.8) is 0 Å². The minimum atomic E-state index is -0.0443. The Bertz CT molecular complexity index is 933. The molecule has 28 heavy (non-hydrogen) atoms. The largest absolute Gasteiger partial charge is 0.459 e. The van der Waals surface area contributed by atoms with Gasteiger partial charge in [-0.25, -0.2) is 0 Å². The summed E-state index contributed by atoms with van der Waals surface area (Å²) in [6, 6.07) is 9.74. The highest BCUT2D eigenvalue weighted by Gasteiger charge is 2.17. The zero-order valence-corrected chi connectivity index (χ0v) is 16.0. The van der Waals surface area contributed by atoms with E-state index in [1.165, 1.54) is 17.5 Å². The zero-order valence-electron chi connectivity index (χ0n) is 16.0. The second-order valence-electron chi connectivity index (χ2n) is 7.07. The first-order valence-corrected chi connectivity index (χ1v) is 9.71. The lowest BCUT2D eigenvalue weighted by Gasteiger charge is -2.19. The fraction of sp³-hybridized carbons (Fsp3) is 0.381. The number of aromatic nitrogens is 2. The highest BCUT2D eigenvalue weighted by molar-refractivity contribution is 5.92. The average molecular weight is 380 g/mol. The Hall–Kier alpha value is -2.93. The number of hydrogen-bond donors (Lipinski definition) is 1. The monoisotopic (exact) mass is 380 g/mol. The normalized spacial score (nSPS) is 13.1. The average Bonchev–Trinajstić information content (AvgIpc) is 3.42. The molecule has 0 fully saturated rings. The van der Waals surface area contributed by atoms with Crippen LogP contribution in [-0.4, -0.2) is 34.1 Å². The van der Waals surface area contributed by atoms with Gasteiger partial charge < -0.3 is 14.2 Å². The summed E-state index contributed by atoms with van der Waals surface area (Å²) in [5.41, 5.74) is 3.61. The number of nitrogens with zero attached hydrogens (tertiary/aromatic N) is 3. The molecule has 7 nitrogen and oxygen atoms in total. The van der Waals surface area contributed by atoms with E-state index >= 15 is 0 Å². The lowest BCUT2D eigenvalue weighted by molar-refractivity contribution is -0.117. The molecule has 0 aliphatic heterocycles. The Balaban J connectivity index is 1.37. The molecule has 2 aromatic heterocycles. The molecule has 0 bridgehead atoms. The van der Waals surface area contributed by atoms with Crippen LogP contribution in [-0.2, 0) is 24.2 Å². The van der Waals surface area contributed by atoms with E-state index in [1.807, 2.05) is 11.0 Å². The summed E-state index contributed by atoms with van der Waals surface area (Å²) in [7, 11) is 0. The Morgan fingerprint density at radius 3 is 2.93 bits per heavy atom. The molecule has 0 radical (unpaired) electrons. The maximum absolute atomic E-state index is 12.5. The van der Waals surface area contributed by atoms with E-state index in [2.05, 4.69) is 34.6 Å². The number of anilines is 1. The topological polar surface area (TPSA) is 84.4 Å². The van der Waals surface area contributed by atoms with Crippen molar-refractivity contribution < 1.29 is 13.6 Å². The number of furan rings is 1. The number of rotatable bonds is 8. The van der Waals surface area contributed by atoms with Gasteiger partial charge in [-0.05, 0) is 67.6 Å². The molecule has 1 aliphatic carbocycles. The summed E-state index contributed by atoms with van der Waals surface area (Å²) in [5.74, 6) is 1.30. The van der Waals surface area contributed by atoms with Crippen LogP contribution < -0.4 is 5.32 Å². The van der Waals surface area contributed by atoms with Crippen molar-refractivity contribution in [1.29, 1.82) is 0 Å². The van der Waals surface area contributed by atoms with Crippen LogP contribution >= 0.6 is 0 Å². The van der Waals surface area contributed by atoms with Gasteiger partial charge in [0, 0.05) is 5.69 Å². The fourth-order valence-electron chi connectivity index (χ4n) is 3.59. The van der Waals surface area contributed by atoms with Crippen LogP contribution in [0.4, 0.5) is 5.69 Å². The van der Waals surface area contributed by atoms with E-state index in [9.17, 15) is 4.79 Å². The van der Waals surface area contributed by atoms with Gasteiger partial charge in [-0.2, -0.15) is 0 Å². The van der Waals surface area contributed by atoms with Gasteiger partial charge in [-0.15, -0.1) is 10.2 Å². The van der Waals surface area contributed by atoms with Crippen LogP contribution in [0.2, 0.25) is 0 Å². The molecular weight excluding hydrogens is 356 g/mol. The third-order valence-electron chi connectivity index (χ3n) is 4.85. The standard InChI is InChI=1S/C21H24N4O3/c1-2-10-25(14-20-23-24-21(28-20)18-7-4-11-27-18)13-19(26)22-17-9-8-15-5-3-6-16(15)12-17/h4,7-9,11-12H,2-3,5-6,10,13-14H2,1H3,(H,22,26). The molecule has 1 N–H and O–H groups in total. The van der Waals surface area contributed by atoms with Gasteiger partial charge in [0.25, 0.3) is 5.89 Å². The van der Waals surface area contributed by atoms with Crippen molar-refractivity contribution in [2.24, 2.45) is 0 Å². The zero-order chi connectivity index (χ0) is 19.3. The first kappa shape index (κ1) is 18.4. The number of amides is 1. The summed E-state index contributed by atoms with van der Waals surface area (Å²) in [6.07, 6.45) is 5.91. The number of carbonyl (C=O) groups excluding carboxylic acids is 1. The number of hydrogen-bond acceptors (Lipinski definition) is 6. The van der Waals surface area contributed by atoms with Crippen LogP contribution in [0.5, 0.6) is 0 Å². The van der Waals surface area contributed by atoms with Gasteiger partial charge in [-0.1, -0.05) is 13.0 Å². The summed E-state index contributed by atoms with van der Waals surface area (Å²) in [5, 5.41) is 11.1. The maximum atomic E-state index is 12.5.